The zero-order chi connectivity index (χ0) is 15.8. The van der Waals surface area contributed by atoms with Gasteiger partial charge in [-0.15, -0.1) is 5.10 Å². The molecule has 1 N–H and O–H groups in total. The van der Waals surface area contributed by atoms with Crippen LogP contribution >= 0.6 is 0 Å². The fourth-order valence-electron chi connectivity index (χ4n) is 2.18. The summed E-state index contributed by atoms with van der Waals surface area (Å²) in [6.45, 7) is 1.58. The quantitative estimate of drug-likeness (QED) is 0.720. The lowest BCUT2D eigenvalue weighted by Gasteiger charge is -2.17. The molecule has 1 amide bonds. The number of aromatic nitrogens is 4. The van der Waals surface area contributed by atoms with Gasteiger partial charge in [-0.3, -0.25) is 4.79 Å². The van der Waals surface area contributed by atoms with Crippen LogP contribution in [0.2, 0.25) is 0 Å². The van der Waals surface area contributed by atoms with Crippen molar-refractivity contribution in [2.75, 3.05) is 27.2 Å². The van der Waals surface area contributed by atoms with Crippen LogP contribution in [0.25, 0.3) is 0 Å². The summed E-state index contributed by atoms with van der Waals surface area (Å²) in [5, 5.41) is 14.1. The number of nitrogens with zero attached hydrogens (tertiary/aromatic N) is 5. The molecule has 2 rings (SSSR count). The van der Waals surface area contributed by atoms with E-state index in [0.717, 1.165) is 18.5 Å². The number of carbonyl (C=O) groups excluding carboxylic acids is 1. The maximum Gasteiger partial charge on any atom is 0.245 e. The van der Waals surface area contributed by atoms with Crippen LogP contribution in [0.5, 0.6) is 0 Å². The zero-order valence-corrected chi connectivity index (χ0v) is 13.0. The van der Waals surface area contributed by atoms with Gasteiger partial charge < -0.3 is 10.2 Å². The Morgan fingerprint density at radius 2 is 2.09 bits per heavy atom. The van der Waals surface area contributed by atoms with Gasteiger partial charge in [0.25, 0.3) is 0 Å². The standard InChI is InChI=1S/C15H22N6O/c1-20(2)10-6-9-16-15(22)14(21-12-17-18-19-21)11-13-7-4-3-5-8-13/h3-5,7-8,12,14H,6,9-11H2,1-2H3,(H,16,22). The number of rotatable bonds is 8. The molecule has 7 nitrogen and oxygen atoms in total. The SMILES string of the molecule is CN(C)CCCNC(=O)C(Cc1ccccc1)n1cnnn1. The van der Waals surface area contributed by atoms with Crippen LogP contribution in [0.3, 0.4) is 0 Å². The maximum atomic E-state index is 12.4. The molecule has 0 saturated heterocycles. The molecule has 0 bridgehead atoms. The van der Waals surface area contributed by atoms with Gasteiger partial charge in [0, 0.05) is 13.0 Å². The molecule has 0 saturated carbocycles. The molecule has 22 heavy (non-hydrogen) atoms. The van der Waals surface area contributed by atoms with E-state index in [1.165, 1.54) is 11.0 Å². The number of hydrogen-bond donors (Lipinski definition) is 1. The number of carbonyl (C=O) groups is 1. The molecule has 118 valence electrons. The topological polar surface area (TPSA) is 75.9 Å². The van der Waals surface area contributed by atoms with Crippen LogP contribution in [-0.2, 0) is 11.2 Å². The molecule has 1 heterocycles. The third-order valence-electron chi connectivity index (χ3n) is 3.34. The van der Waals surface area contributed by atoms with E-state index in [2.05, 4.69) is 25.7 Å². The van der Waals surface area contributed by atoms with Gasteiger partial charge in [0.1, 0.15) is 12.4 Å². The molecule has 0 radical (unpaired) electrons. The van der Waals surface area contributed by atoms with Crippen molar-refractivity contribution in [2.24, 2.45) is 0 Å². The molecular formula is C15H22N6O. The lowest BCUT2D eigenvalue weighted by atomic mass is 10.1. The normalized spacial score (nSPS) is 12.3. The highest BCUT2D eigenvalue weighted by atomic mass is 16.2. The van der Waals surface area contributed by atoms with E-state index in [1.807, 2.05) is 44.4 Å². The van der Waals surface area contributed by atoms with Crippen molar-refractivity contribution in [1.29, 1.82) is 0 Å². The molecule has 0 aliphatic heterocycles. The van der Waals surface area contributed by atoms with Crippen LogP contribution in [0, 0.1) is 0 Å². The van der Waals surface area contributed by atoms with Gasteiger partial charge in [0.05, 0.1) is 0 Å². The summed E-state index contributed by atoms with van der Waals surface area (Å²) in [6.07, 6.45) is 2.95. The summed E-state index contributed by atoms with van der Waals surface area (Å²) in [5.74, 6) is -0.0603. The number of hydrogen-bond acceptors (Lipinski definition) is 5. The van der Waals surface area contributed by atoms with Gasteiger partial charge >= 0.3 is 0 Å². The third-order valence-corrected chi connectivity index (χ3v) is 3.34. The molecule has 1 aromatic heterocycles. The highest BCUT2D eigenvalue weighted by molar-refractivity contribution is 5.80. The summed E-state index contributed by atoms with van der Waals surface area (Å²) in [5.41, 5.74) is 1.08. The summed E-state index contributed by atoms with van der Waals surface area (Å²) < 4.78 is 1.51. The lowest BCUT2D eigenvalue weighted by Crippen LogP contribution is -2.35. The zero-order valence-electron chi connectivity index (χ0n) is 13.0. The second-order valence-electron chi connectivity index (χ2n) is 5.44. The van der Waals surface area contributed by atoms with Crippen LogP contribution in [0.4, 0.5) is 0 Å². The Labute approximate surface area is 130 Å². The van der Waals surface area contributed by atoms with E-state index >= 15 is 0 Å². The Kier molecular flexibility index (Phi) is 6.02. The molecule has 1 unspecified atom stereocenters. The highest BCUT2D eigenvalue weighted by Crippen LogP contribution is 2.13. The summed E-state index contributed by atoms with van der Waals surface area (Å²) in [4.78, 5) is 14.5. The second kappa shape index (κ2) is 8.23. The minimum absolute atomic E-state index is 0.0603. The minimum Gasteiger partial charge on any atom is -0.354 e. The Hall–Kier alpha value is -2.28. The van der Waals surface area contributed by atoms with Crippen molar-refractivity contribution in [3.8, 4) is 0 Å². The van der Waals surface area contributed by atoms with E-state index in [0.29, 0.717) is 13.0 Å². The largest absolute Gasteiger partial charge is 0.354 e. The van der Waals surface area contributed by atoms with E-state index < -0.39 is 6.04 Å². The van der Waals surface area contributed by atoms with Gasteiger partial charge in [-0.2, -0.15) is 0 Å². The molecule has 0 fully saturated rings. The average molecular weight is 302 g/mol. The lowest BCUT2D eigenvalue weighted by molar-refractivity contribution is -0.124. The van der Waals surface area contributed by atoms with Gasteiger partial charge in [-0.25, -0.2) is 4.68 Å². The first-order chi connectivity index (χ1) is 10.7. The van der Waals surface area contributed by atoms with Crippen molar-refractivity contribution >= 4 is 5.91 Å². The second-order valence-corrected chi connectivity index (χ2v) is 5.44. The molecule has 2 aromatic rings. The summed E-state index contributed by atoms with van der Waals surface area (Å²) in [6, 6.07) is 9.43. The van der Waals surface area contributed by atoms with Crippen molar-refractivity contribution < 1.29 is 4.79 Å². The Morgan fingerprint density at radius 1 is 1.32 bits per heavy atom. The van der Waals surface area contributed by atoms with Crippen LogP contribution < -0.4 is 5.32 Å². The number of amides is 1. The smallest absolute Gasteiger partial charge is 0.245 e. The fourth-order valence-corrected chi connectivity index (χ4v) is 2.18. The highest BCUT2D eigenvalue weighted by Gasteiger charge is 2.21. The maximum absolute atomic E-state index is 12.4. The fraction of sp³-hybridized carbons (Fsp3) is 0.467. The Morgan fingerprint density at radius 3 is 2.73 bits per heavy atom. The van der Waals surface area contributed by atoms with E-state index in [4.69, 9.17) is 0 Å². The van der Waals surface area contributed by atoms with Crippen molar-refractivity contribution in [3.05, 3.63) is 42.2 Å². The van der Waals surface area contributed by atoms with Crippen molar-refractivity contribution in [1.82, 2.24) is 30.4 Å². The molecule has 7 heteroatoms. The first kappa shape index (κ1) is 16.1. The molecule has 0 aliphatic rings. The molecule has 0 spiro atoms. The molecule has 1 atom stereocenters. The number of tetrazole rings is 1. The third kappa shape index (κ3) is 4.92. The van der Waals surface area contributed by atoms with Crippen LogP contribution in [0.15, 0.2) is 36.7 Å². The van der Waals surface area contributed by atoms with Gasteiger partial charge in [0.15, 0.2) is 0 Å². The Bertz CT molecular complexity index is 555. The van der Waals surface area contributed by atoms with Gasteiger partial charge in [0.2, 0.25) is 5.91 Å². The molecular weight excluding hydrogens is 280 g/mol. The summed E-state index contributed by atoms with van der Waals surface area (Å²) in [7, 11) is 4.03. The van der Waals surface area contributed by atoms with Crippen LogP contribution in [-0.4, -0.2) is 58.2 Å². The van der Waals surface area contributed by atoms with Crippen molar-refractivity contribution in [2.45, 2.75) is 18.9 Å². The minimum atomic E-state index is -0.434. The summed E-state index contributed by atoms with van der Waals surface area (Å²) >= 11 is 0. The van der Waals surface area contributed by atoms with E-state index in [1.54, 1.807) is 0 Å². The van der Waals surface area contributed by atoms with Crippen LogP contribution in [0.1, 0.15) is 18.0 Å². The number of nitrogens with one attached hydrogen (secondary N) is 1. The van der Waals surface area contributed by atoms with Gasteiger partial charge in [-0.05, 0) is 43.1 Å². The Balaban J connectivity index is 1.97. The predicted octanol–water partition coefficient (Wildman–Crippen LogP) is 0.525. The van der Waals surface area contributed by atoms with Crippen molar-refractivity contribution in [3.63, 3.8) is 0 Å². The first-order valence-electron chi connectivity index (χ1n) is 7.35. The van der Waals surface area contributed by atoms with E-state index in [-0.39, 0.29) is 5.91 Å². The molecule has 1 aromatic carbocycles. The predicted molar refractivity (Wildman–Crippen MR) is 83.2 cm³/mol. The number of benzene rings is 1. The van der Waals surface area contributed by atoms with E-state index in [9.17, 15) is 4.79 Å². The molecule has 0 aliphatic carbocycles. The first-order valence-corrected chi connectivity index (χ1v) is 7.35. The monoisotopic (exact) mass is 302 g/mol. The average Bonchev–Trinajstić information content (AvgIpc) is 3.04. The van der Waals surface area contributed by atoms with Gasteiger partial charge in [-0.1, -0.05) is 30.3 Å².